The molecule has 0 bridgehead atoms. The summed E-state index contributed by atoms with van der Waals surface area (Å²) >= 11 is 0. The Balaban J connectivity index is 2.31. The molecule has 0 radical (unpaired) electrons. The van der Waals surface area contributed by atoms with Gasteiger partial charge in [0, 0.05) is 12.7 Å². The van der Waals surface area contributed by atoms with Crippen molar-refractivity contribution in [1.82, 2.24) is 15.1 Å². The van der Waals surface area contributed by atoms with Crippen molar-refractivity contribution in [2.24, 2.45) is 0 Å². The summed E-state index contributed by atoms with van der Waals surface area (Å²) in [5, 5.41) is 7.44. The molecule has 2 aromatic rings. The van der Waals surface area contributed by atoms with Crippen LogP contribution in [-0.2, 0) is 0 Å². The molecule has 1 atom stereocenters. The van der Waals surface area contributed by atoms with Crippen LogP contribution in [-0.4, -0.2) is 23.4 Å². The molecule has 0 amide bonds. The minimum absolute atomic E-state index is 0.184. The van der Waals surface area contributed by atoms with E-state index in [-0.39, 0.29) is 6.04 Å². The Labute approximate surface area is 95.1 Å². The number of benzene rings is 1. The van der Waals surface area contributed by atoms with Crippen molar-refractivity contribution in [3.63, 3.8) is 0 Å². The lowest BCUT2D eigenvalue weighted by atomic mass is 10.1. The molecule has 2 rings (SSSR count). The van der Waals surface area contributed by atoms with E-state index in [9.17, 15) is 0 Å². The van der Waals surface area contributed by atoms with E-state index < -0.39 is 0 Å². The van der Waals surface area contributed by atoms with E-state index in [1.54, 1.807) is 6.20 Å². The Hall–Kier alpha value is -1.81. The van der Waals surface area contributed by atoms with Crippen LogP contribution in [0, 0.1) is 0 Å². The maximum atomic E-state index is 5.69. The molecule has 0 aliphatic carbocycles. The van der Waals surface area contributed by atoms with Crippen molar-refractivity contribution in [2.45, 2.75) is 6.04 Å². The molecule has 84 valence electrons. The highest BCUT2D eigenvalue weighted by atomic mass is 15.3. The smallest absolute Gasteiger partial charge is 0.0893 e. The quantitative estimate of drug-likeness (QED) is 0.809. The van der Waals surface area contributed by atoms with Gasteiger partial charge in [0.2, 0.25) is 0 Å². The minimum Gasteiger partial charge on any atom is -0.396 e. The lowest BCUT2D eigenvalue weighted by Gasteiger charge is -2.17. The van der Waals surface area contributed by atoms with Crippen LogP contribution < -0.4 is 11.1 Å². The van der Waals surface area contributed by atoms with Crippen LogP contribution in [0.1, 0.15) is 11.6 Å². The van der Waals surface area contributed by atoms with Gasteiger partial charge in [-0.2, -0.15) is 5.10 Å². The molecule has 0 saturated carbocycles. The van der Waals surface area contributed by atoms with Crippen LogP contribution in [0.4, 0.5) is 5.69 Å². The van der Waals surface area contributed by atoms with Gasteiger partial charge in [-0.3, -0.25) is 4.68 Å². The first-order valence-electron chi connectivity index (χ1n) is 5.30. The summed E-state index contributed by atoms with van der Waals surface area (Å²) in [5.74, 6) is 0. The number of nitrogens with one attached hydrogen (secondary N) is 1. The molecular formula is C12H16N4. The zero-order valence-corrected chi connectivity index (χ0v) is 9.30. The number of rotatable bonds is 4. The summed E-state index contributed by atoms with van der Waals surface area (Å²) in [6.45, 7) is 0.825. The van der Waals surface area contributed by atoms with Crippen molar-refractivity contribution in [3.8, 4) is 0 Å². The molecule has 16 heavy (non-hydrogen) atoms. The first-order valence-corrected chi connectivity index (χ1v) is 5.30. The second-order valence-electron chi connectivity index (χ2n) is 3.74. The Morgan fingerprint density at radius 2 is 2.12 bits per heavy atom. The summed E-state index contributed by atoms with van der Waals surface area (Å²) in [5.41, 5.74) is 7.60. The van der Waals surface area contributed by atoms with E-state index in [1.807, 2.05) is 36.1 Å². The molecule has 4 heteroatoms. The first-order chi connectivity index (χ1) is 7.81. The lowest BCUT2D eigenvalue weighted by molar-refractivity contribution is 0.500. The van der Waals surface area contributed by atoms with E-state index in [0.717, 1.165) is 6.54 Å². The maximum Gasteiger partial charge on any atom is 0.0893 e. The largest absolute Gasteiger partial charge is 0.396 e. The predicted molar refractivity (Wildman–Crippen MR) is 65.1 cm³/mol. The van der Waals surface area contributed by atoms with Crippen molar-refractivity contribution in [3.05, 3.63) is 48.3 Å². The third-order valence-corrected chi connectivity index (χ3v) is 2.52. The highest BCUT2D eigenvalue weighted by Crippen LogP contribution is 2.17. The molecule has 0 spiro atoms. The first kappa shape index (κ1) is 10.7. The average molecular weight is 216 g/mol. The van der Waals surface area contributed by atoms with Crippen LogP contribution in [0.15, 0.2) is 42.7 Å². The van der Waals surface area contributed by atoms with Crippen LogP contribution in [0.25, 0.3) is 0 Å². The number of anilines is 1. The zero-order valence-electron chi connectivity index (χ0n) is 9.30. The fraction of sp³-hybridized carbons (Fsp3) is 0.250. The van der Waals surface area contributed by atoms with Crippen molar-refractivity contribution < 1.29 is 0 Å². The third kappa shape index (κ3) is 2.23. The van der Waals surface area contributed by atoms with Crippen LogP contribution in [0.5, 0.6) is 0 Å². The van der Waals surface area contributed by atoms with E-state index in [0.29, 0.717) is 5.69 Å². The molecule has 4 nitrogen and oxygen atoms in total. The van der Waals surface area contributed by atoms with Gasteiger partial charge in [0.1, 0.15) is 0 Å². The van der Waals surface area contributed by atoms with Crippen molar-refractivity contribution in [1.29, 1.82) is 0 Å². The molecule has 1 unspecified atom stereocenters. The van der Waals surface area contributed by atoms with E-state index in [2.05, 4.69) is 22.5 Å². The zero-order chi connectivity index (χ0) is 11.4. The van der Waals surface area contributed by atoms with Gasteiger partial charge >= 0.3 is 0 Å². The predicted octanol–water partition coefficient (Wildman–Crippen LogP) is 1.27. The summed E-state index contributed by atoms with van der Waals surface area (Å²) in [7, 11) is 1.93. The molecule has 3 N–H and O–H groups in total. The second kappa shape index (κ2) is 4.81. The highest BCUT2D eigenvalue weighted by molar-refractivity contribution is 5.32. The number of likely N-dealkylation sites (N-methyl/N-ethyl adjacent to an activating group) is 1. The Morgan fingerprint density at radius 3 is 2.69 bits per heavy atom. The van der Waals surface area contributed by atoms with Gasteiger partial charge in [-0.05, 0) is 12.6 Å². The van der Waals surface area contributed by atoms with Gasteiger partial charge in [-0.25, -0.2) is 0 Å². The minimum atomic E-state index is 0.184. The number of nitrogens with two attached hydrogens (primary N) is 1. The highest BCUT2D eigenvalue weighted by Gasteiger charge is 2.12. The topological polar surface area (TPSA) is 55.9 Å². The lowest BCUT2D eigenvalue weighted by Crippen LogP contribution is -2.23. The summed E-state index contributed by atoms with van der Waals surface area (Å²) in [6.07, 6.45) is 3.53. The van der Waals surface area contributed by atoms with Crippen LogP contribution >= 0.6 is 0 Å². The SMILES string of the molecule is CNCC(c1ccccc1)n1cc(N)cn1. The number of nitrogen functional groups attached to an aromatic ring is 1. The summed E-state index contributed by atoms with van der Waals surface area (Å²) in [6, 6.07) is 10.5. The Morgan fingerprint density at radius 1 is 1.38 bits per heavy atom. The van der Waals surface area contributed by atoms with Gasteiger partial charge in [0.25, 0.3) is 0 Å². The van der Waals surface area contributed by atoms with E-state index in [4.69, 9.17) is 5.73 Å². The molecule has 1 heterocycles. The number of aromatic nitrogens is 2. The maximum absolute atomic E-state index is 5.69. The summed E-state index contributed by atoms with van der Waals surface area (Å²) in [4.78, 5) is 0. The van der Waals surface area contributed by atoms with Gasteiger partial charge in [0.15, 0.2) is 0 Å². The third-order valence-electron chi connectivity index (χ3n) is 2.52. The van der Waals surface area contributed by atoms with Crippen LogP contribution in [0.2, 0.25) is 0 Å². The van der Waals surface area contributed by atoms with Crippen molar-refractivity contribution in [2.75, 3.05) is 19.3 Å². The Bertz CT molecular complexity index is 435. The standard InChI is InChI=1S/C12H16N4/c1-14-8-12(10-5-3-2-4-6-10)16-9-11(13)7-15-16/h2-7,9,12,14H,8,13H2,1H3. The average Bonchev–Trinajstić information content (AvgIpc) is 2.74. The van der Waals surface area contributed by atoms with Crippen molar-refractivity contribution >= 4 is 5.69 Å². The molecule has 1 aromatic carbocycles. The van der Waals surface area contributed by atoms with Gasteiger partial charge in [-0.15, -0.1) is 0 Å². The second-order valence-corrected chi connectivity index (χ2v) is 3.74. The Kier molecular flexibility index (Phi) is 3.22. The monoisotopic (exact) mass is 216 g/mol. The van der Waals surface area contributed by atoms with Gasteiger partial charge < -0.3 is 11.1 Å². The van der Waals surface area contributed by atoms with Gasteiger partial charge in [-0.1, -0.05) is 30.3 Å². The summed E-state index contributed by atoms with van der Waals surface area (Å²) < 4.78 is 1.89. The molecule has 1 aromatic heterocycles. The normalized spacial score (nSPS) is 12.6. The van der Waals surface area contributed by atoms with Crippen LogP contribution in [0.3, 0.4) is 0 Å². The number of nitrogens with zero attached hydrogens (tertiary/aromatic N) is 2. The molecule has 0 aliphatic rings. The van der Waals surface area contributed by atoms with E-state index in [1.165, 1.54) is 5.56 Å². The molecule has 0 fully saturated rings. The fourth-order valence-corrected chi connectivity index (χ4v) is 1.76. The molecule has 0 aliphatic heterocycles. The van der Waals surface area contributed by atoms with E-state index >= 15 is 0 Å². The number of hydrogen-bond acceptors (Lipinski definition) is 3. The molecular weight excluding hydrogens is 200 g/mol. The number of hydrogen-bond donors (Lipinski definition) is 2. The molecule has 0 saturated heterocycles. The fourth-order valence-electron chi connectivity index (χ4n) is 1.76. The van der Waals surface area contributed by atoms with Gasteiger partial charge in [0.05, 0.1) is 17.9 Å².